The van der Waals surface area contributed by atoms with Crippen LogP contribution >= 0.6 is 15.9 Å². The van der Waals surface area contributed by atoms with Gasteiger partial charge in [-0.15, -0.1) is 0 Å². The molecule has 0 aliphatic rings. The first kappa shape index (κ1) is 9.41. The van der Waals surface area contributed by atoms with Gasteiger partial charge < -0.3 is 0 Å². The Morgan fingerprint density at radius 1 is 1.21 bits per heavy atom. The lowest BCUT2D eigenvalue weighted by Gasteiger charge is -2.02. The van der Waals surface area contributed by atoms with Crippen molar-refractivity contribution >= 4 is 32.8 Å². The van der Waals surface area contributed by atoms with Crippen LogP contribution in [-0.4, -0.2) is 4.98 Å². The number of pyridine rings is 1. The summed E-state index contributed by atoms with van der Waals surface area (Å²) in [5.74, 6) is 0. The Hall–Kier alpha value is -1.15. The zero-order valence-electron chi connectivity index (χ0n) is 7.87. The van der Waals surface area contributed by atoms with Crippen LogP contribution in [0.25, 0.3) is 16.8 Å². The van der Waals surface area contributed by atoms with Gasteiger partial charge in [-0.1, -0.05) is 30.3 Å². The molecule has 0 aliphatic carbocycles. The minimum Gasteiger partial charge on any atom is -0.255 e. The van der Waals surface area contributed by atoms with Crippen molar-refractivity contribution in [2.24, 2.45) is 0 Å². The van der Waals surface area contributed by atoms with Crippen LogP contribution in [0.2, 0.25) is 0 Å². The van der Waals surface area contributed by atoms with Crippen LogP contribution in [0.1, 0.15) is 12.6 Å². The summed E-state index contributed by atoms with van der Waals surface area (Å²) >= 11 is 3.50. The molecule has 1 aromatic heterocycles. The zero-order chi connectivity index (χ0) is 9.97. The van der Waals surface area contributed by atoms with Gasteiger partial charge in [0.2, 0.25) is 0 Å². The maximum Gasteiger partial charge on any atom is 0.0705 e. The van der Waals surface area contributed by atoms with E-state index in [0.29, 0.717) is 0 Å². The Kier molecular flexibility index (Phi) is 2.64. The standard InChI is InChI=1S/C12H10BrN/c1-2-5-12-10-7-4-3-6-9(10)11(13)8-14-12/h2-8H,1H3/b5-2+. The minimum atomic E-state index is 1.02. The molecule has 0 aliphatic heterocycles. The average molecular weight is 248 g/mol. The summed E-state index contributed by atoms with van der Waals surface area (Å²) in [6.07, 6.45) is 5.87. The Morgan fingerprint density at radius 3 is 2.64 bits per heavy atom. The van der Waals surface area contributed by atoms with Crippen LogP contribution < -0.4 is 0 Å². The molecule has 0 radical (unpaired) electrons. The SMILES string of the molecule is C/C=C/c1ncc(Br)c2ccccc12. The molecule has 0 saturated carbocycles. The number of allylic oxidation sites excluding steroid dienone is 1. The molecular weight excluding hydrogens is 238 g/mol. The third-order valence-electron chi connectivity index (χ3n) is 2.10. The average Bonchev–Trinajstić information content (AvgIpc) is 2.23. The van der Waals surface area contributed by atoms with E-state index in [-0.39, 0.29) is 0 Å². The van der Waals surface area contributed by atoms with Gasteiger partial charge in [0.25, 0.3) is 0 Å². The third-order valence-corrected chi connectivity index (χ3v) is 2.73. The lowest BCUT2D eigenvalue weighted by atomic mass is 10.1. The molecule has 70 valence electrons. The van der Waals surface area contributed by atoms with Gasteiger partial charge in [0.15, 0.2) is 0 Å². The second-order valence-corrected chi connectivity index (χ2v) is 3.89. The van der Waals surface area contributed by atoms with E-state index in [1.807, 2.05) is 37.4 Å². The van der Waals surface area contributed by atoms with Crippen molar-refractivity contribution < 1.29 is 0 Å². The molecule has 2 aromatic rings. The van der Waals surface area contributed by atoms with E-state index in [2.05, 4.69) is 33.0 Å². The number of halogens is 1. The van der Waals surface area contributed by atoms with Gasteiger partial charge >= 0.3 is 0 Å². The zero-order valence-corrected chi connectivity index (χ0v) is 9.45. The van der Waals surface area contributed by atoms with E-state index < -0.39 is 0 Å². The largest absolute Gasteiger partial charge is 0.255 e. The van der Waals surface area contributed by atoms with E-state index >= 15 is 0 Å². The molecule has 1 aromatic carbocycles. The monoisotopic (exact) mass is 247 g/mol. The van der Waals surface area contributed by atoms with Gasteiger partial charge in [-0.2, -0.15) is 0 Å². The fraction of sp³-hybridized carbons (Fsp3) is 0.0833. The van der Waals surface area contributed by atoms with E-state index in [1.165, 1.54) is 10.8 Å². The maximum atomic E-state index is 4.36. The predicted octanol–water partition coefficient (Wildman–Crippen LogP) is 4.03. The van der Waals surface area contributed by atoms with E-state index in [1.54, 1.807) is 0 Å². The van der Waals surface area contributed by atoms with Gasteiger partial charge in [0.05, 0.1) is 5.69 Å². The highest BCUT2D eigenvalue weighted by Gasteiger charge is 2.01. The van der Waals surface area contributed by atoms with Crippen molar-refractivity contribution in [2.75, 3.05) is 0 Å². The lowest BCUT2D eigenvalue weighted by Crippen LogP contribution is -1.84. The third kappa shape index (κ3) is 1.58. The molecule has 0 spiro atoms. The molecule has 0 bridgehead atoms. The molecule has 2 heteroatoms. The van der Waals surface area contributed by atoms with Gasteiger partial charge in [0, 0.05) is 16.1 Å². The Bertz CT molecular complexity index is 489. The number of hydrogen-bond donors (Lipinski definition) is 0. The Labute approximate surface area is 91.6 Å². The second kappa shape index (κ2) is 3.93. The highest BCUT2D eigenvalue weighted by Crippen LogP contribution is 2.25. The summed E-state index contributed by atoms with van der Waals surface area (Å²) in [5, 5.41) is 2.38. The van der Waals surface area contributed by atoms with Gasteiger partial charge in [-0.25, -0.2) is 0 Å². The number of aromatic nitrogens is 1. The first-order valence-electron chi connectivity index (χ1n) is 4.49. The molecule has 1 heterocycles. The first-order valence-corrected chi connectivity index (χ1v) is 5.28. The number of benzene rings is 1. The highest BCUT2D eigenvalue weighted by atomic mass is 79.9. The van der Waals surface area contributed by atoms with Crippen molar-refractivity contribution in [3.8, 4) is 0 Å². The molecule has 0 amide bonds. The minimum absolute atomic E-state index is 1.02. The molecular formula is C12H10BrN. The Balaban J connectivity index is 2.81. The summed E-state index contributed by atoms with van der Waals surface area (Å²) in [7, 11) is 0. The van der Waals surface area contributed by atoms with Gasteiger partial charge in [-0.05, 0) is 34.3 Å². The van der Waals surface area contributed by atoms with Crippen molar-refractivity contribution in [3.05, 3.63) is 46.7 Å². The van der Waals surface area contributed by atoms with Gasteiger partial charge in [-0.3, -0.25) is 4.98 Å². The normalized spacial score (nSPS) is 11.3. The number of fused-ring (bicyclic) bond motifs is 1. The lowest BCUT2D eigenvalue weighted by molar-refractivity contribution is 1.31. The molecule has 0 fully saturated rings. The Morgan fingerprint density at radius 2 is 1.93 bits per heavy atom. The van der Waals surface area contributed by atoms with Crippen LogP contribution in [0.4, 0.5) is 0 Å². The van der Waals surface area contributed by atoms with Crippen LogP contribution in [0.15, 0.2) is 41.0 Å². The van der Waals surface area contributed by atoms with Crippen molar-refractivity contribution in [2.45, 2.75) is 6.92 Å². The number of rotatable bonds is 1. The first-order chi connectivity index (χ1) is 6.83. The summed E-state index contributed by atoms with van der Waals surface area (Å²) in [6.45, 7) is 2.00. The molecule has 1 nitrogen and oxygen atoms in total. The summed E-state index contributed by atoms with van der Waals surface area (Å²) in [5.41, 5.74) is 1.02. The second-order valence-electron chi connectivity index (χ2n) is 3.04. The van der Waals surface area contributed by atoms with Crippen LogP contribution in [0, 0.1) is 0 Å². The van der Waals surface area contributed by atoms with Crippen molar-refractivity contribution in [1.82, 2.24) is 4.98 Å². The molecule has 0 saturated heterocycles. The summed E-state index contributed by atoms with van der Waals surface area (Å²) in [4.78, 5) is 4.36. The highest BCUT2D eigenvalue weighted by molar-refractivity contribution is 9.10. The molecule has 0 N–H and O–H groups in total. The predicted molar refractivity (Wildman–Crippen MR) is 64.2 cm³/mol. The molecule has 2 rings (SSSR count). The number of nitrogens with zero attached hydrogens (tertiary/aromatic N) is 1. The topological polar surface area (TPSA) is 12.9 Å². The molecule has 0 unspecified atom stereocenters. The van der Waals surface area contributed by atoms with Crippen LogP contribution in [-0.2, 0) is 0 Å². The van der Waals surface area contributed by atoms with E-state index in [0.717, 1.165) is 10.2 Å². The van der Waals surface area contributed by atoms with E-state index in [9.17, 15) is 0 Å². The number of hydrogen-bond acceptors (Lipinski definition) is 1. The fourth-order valence-electron chi connectivity index (χ4n) is 1.47. The van der Waals surface area contributed by atoms with Gasteiger partial charge in [0.1, 0.15) is 0 Å². The van der Waals surface area contributed by atoms with Crippen molar-refractivity contribution in [3.63, 3.8) is 0 Å². The van der Waals surface area contributed by atoms with Crippen LogP contribution in [0.3, 0.4) is 0 Å². The summed E-state index contributed by atoms with van der Waals surface area (Å²) in [6, 6.07) is 8.24. The molecule has 0 atom stereocenters. The quantitative estimate of drug-likeness (QED) is 0.742. The summed E-state index contributed by atoms with van der Waals surface area (Å²) < 4.78 is 1.04. The maximum absolute atomic E-state index is 4.36. The fourth-order valence-corrected chi connectivity index (χ4v) is 1.92. The van der Waals surface area contributed by atoms with E-state index in [4.69, 9.17) is 0 Å². The molecule has 14 heavy (non-hydrogen) atoms. The van der Waals surface area contributed by atoms with Crippen molar-refractivity contribution in [1.29, 1.82) is 0 Å². The van der Waals surface area contributed by atoms with Crippen LogP contribution in [0.5, 0.6) is 0 Å². The smallest absolute Gasteiger partial charge is 0.0705 e.